The van der Waals surface area contributed by atoms with Crippen LogP contribution >= 0.6 is 11.3 Å². The molecule has 0 saturated heterocycles. The van der Waals surface area contributed by atoms with Crippen molar-refractivity contribution in [3.8, 4) is 22.1 Å². The van der Waals surface area contributed by atoms with Crippen LogP contribution in [0.5, 0.6) is 11.5 Å². The molecule has 1 aromatic rings. The zero-order valence-electron chi connectivity index (χ0n) is 13.8. The summed E-state index contributed by atoms with van der Waals surface area (Å²) in [6.07, 6.45) is 0. The Bertz CT molecular complexity index is 918. The van der Waals surface area contributed by atoms with Crippen molar-refractivity contribution in [2.24, 2.45) is 0 Å². The van der Waals surface area contributed by atoms with E-state index in [2.05, 4.69) is 0 Å². The van der Waals surface area contributed by atoms with E-state index in [0.29, 0.717) is 17.0 Å². The number of anilines is 1. The third-order valence-corrected chi connectivity index (χ3v) is 5.10. The Hall–Kier alpha value is -2.34. The Morgan fingerprint density at radius 3 is 2.43 bits per heavy atom. The highest BCUT2D eigenvalue weighted by atomic mass is 32.1. The van der Waals surface area contributed by atoms with Crippen LogP contribution in [0.25, 0.3) is 20.8 Å². The number of fused-ring (bicyclic) bond motifs is 2. The van der Waals surface area contributed by atoms with E-state index in [0.717, 1.165) is 20.8 Å². The lowest BCUT2D eigenvalue weighted by molar-refractivity contribution is 0.352. The first-order valence-corrected chi connectivity index (χ1v) is 7.96. The van der Waals surface area contributed by atoms with E-state index in [4.69, 9.17) is 14.5 Å². The van der Waals surface area contributed by atoms with Gasteiger partial charge in [-0.25, -0.2) is 4.98 Å². The highest BCUT2D eigenvalue weighted by molar-refractivity contribution is 7.21. The molecule has 0 N–H and O–H groups in total. The van der Waals surface area contributed by atoms with Crippen molar-refractivity contribution in [3.05, 3.63) is 34.0 Å². The monoisotopic (exact) mass is 330 g/mol. The minimum atomic E-state index is -0.154. The van der Waals surface area contributed by atoms with Crippen LogP contribution in [0.3, 0.4) is 0 Å². The summed E-state index contributed by atoms with van der Waals surface area (Å²) in [5.41, 5.74) is 3.08. The van der Waals surface area contributed by atoms with Crippen molar-refractivity contribution in [2.75, 3.05) is 33.2 Å². The van der Waals surface area contributed by atoms with Crippen LogP contribution < -0.4 is 19.8 Å². The average Bonchev–Trinajstić information content (AvgIpc) is 2.55. The van der Waals surface area contributed by atoms with Gasteiger partial charge in [0.2, 0.25) is 11.2 Å². The summed E-state index contributed by atoms with van der Waals surface area (Å²) in [6, 6.07) is 6.10. The maximum absolute atomic E-state index is 12.4. The fourth-order valence-corrected chi connectivity index (χ4v) is 3.60. The van der Waals surface area contributed by atoms with Crippen LogP contribution in [0.2, 0.25) is 0 Å². The van der Waals surface area contributed by atoms with E-state index in [1.807, 2.05) is 37.2 Å². The molecule has 6 heteroatoms. The van der Waals surface area contributed by atoms with Gasteiger partial charge in [-0.15, -0.1) is 11.3 Å². The number of methoxy groups -OCH3 is 2. The van der Waals surface area contributed by atoms with Crippen molar-refractivity contribution in [1.29, 1.82) is 0 Å². The smallest absolute Gasteiger partial charge is 0.228 e. The first-order valence-electron chi connectivity index (χ1n) is 7.14. The van der Waals surface area contributed by atoms with Crippen molar-refractivity contribution in [2.45, 2.75) is 6.92 Å². The molecule has 3 rings (SSSR count). The predicted octanol–water partition coefficient (Wildman–Crippen LogP) is 3.15. The molecule has 0 bridgehead atoms. The molecule has 5 nitrogen and oxygen atoms in total. The Morgan fingerprint density at radius 2 is 1.83 bits per heavy atom. The molecule has 0 aromatic heterocycles. The number of ether oxygens (including phenoxy) is 2. The molecule has 2 aliphatic rings. The van der Waals surface area contributed by atoms with E-state index in [1.165, 1.54) is 14.2 Å². The highest BCUT2D eigenvalue weighted by Crippen LogP contribution is 2.42. The minimum Gasteiger partial charge on any atom is -0.491 e. The number of benzene rings is 2. The predicted molar refractivity (Wildman–Crippen MR) is 94.7 cm³/mol. The lowest BCUT2D eigenvalue weighted by Crippen LogP contribution is -2.13. The Morgan fingerprint density at radius 1 is 1.13 bits per heavy atom. The molecule has 0 radical (unpaired) electrons. The summed E-state index contributed by atoms with van der Waals surface area (Å²) in [5, 5.41) is 0. The first-order chi connectivity index (χ1) is 11.0. The Labute approximate surface area is 138 Å². The van der Waals surface area contributed by atoms with Crippen LogP contribution in [-0.2, 0) is 0 Å². The van der Waals surface area contributed by atoms with Gasteiger partial charge in [0.15, 0.2) is 5.75 Å². The van der Waals surface area contributed by atoms with Gasteiger partial charge in [0, 0.05) is 25.3 Å². The number of hydrogen-bond acceptors (Lipinski definition) is 6. The second kappa shape index (κ2) is 5.70. The van der Waals surface area contributed by atoms with Crippen LogP contribution in [0.15, 0.2) is 23.0 Å². The number of nitrogens with zero attached hydrogens (tertiary/aromatic N) is 2. The Balaban J connectivity index is 2.44. The van der Waals surface area contributed by atoms with Crippen LogP contribution in [-0.4, -0.2) is 33.3 Å². The van der Waals surface area contributed by atoms with Gasteiger partial charge in [0.05, 0.1) is 29.3 Å². The van der Waals surface area contributed by atoms with Gasteiger partial charge in [0.25, 0.3) is 0 Å². The van der Waals surface area contributed by atoms with E-state index in [-0.39, 0.29) is 11.2 Å². The summed E-state index contributed by atoms with van der Waals surface area (Å²) in [5.74, 6) is 0.604. The maximum atomic E-state index is 12.4. The average molecular weight is 330 g/mol. The third kappa shape index (κ3) is 2.39. The largest absolute Gasteiger partial charge is 0.491 e. The second-order valence-corrected chi connectivity index (χ2v) is 6.51. The van der Waals surface area contributed by atoms with E-state index in [9.17, 15) is 4.79 Å². The molecular formula is C17H18N2O3S. The zero-order chi connectivity index (χ0) is 16.7. The quantitative estimate of drug-likeness (QED) is 0.691. The van der Waals surface area contributed by atoms with Crippen LogP contribution in [0.1, 0.15) is 5.56 Å². The summed E-state index contributed by atoms with van der Waals surface area (Å²) >= 11 is 1.54. The SMILES string of the molecule is COc1c2nc3cc(N(C)C)ccc3sc-2c(C)c(=O)c1OC. The van der Waals surface area contributed by atoms with Gasteiger partial charge >= 0.3 is 0 Å². The molecule has 1 aromatic carbocycles. The molecule has 23 heavy (non-hydrogen) atoms. The molecule has 1 aliphatic heterocycles. The molecule has 0 amide bonds. The number of hydrogen-bond donors (Lipinski definition) is 0. The molecule has 1 aliphatic carbocycles. The fraction of sp³-hybridized carbons (Fsp3) is 0.294. The number of aromatic nitrogens is 1. The van der Waals surface area contributed by atoms with Crippen molar-refractivity contribution in [3.63, 3.8) is 0 Å². The van der Waals surface area contributed by atoms with Crippen molar-refractivity contribution >= 4 is 27.2 Å². The summed E-state index contributed by atoms with van der Waals surface area (Å²) in [4.78, 5) is 20.0. The number of rotatable bonds is 3. The van der Waals surface area contributed by atoms with Crippen molar-refractivity contribution in [1.82, 2.24) is 4.98 Å². The Kier molecular flexibility index (Phi) is 3.85. The highest BCUT2D eigenvalue weighted by Gasteiger charge is 2.24. The molecule has 0 atom stereocenters. The van der Waals surface area contributed by atoms with E-state index < -0.39 is 0 Å². The molecule has 1 heterocycles. The molecular weight excluding hydrogens is 312 g/mol. The van der Waals surface area contributed by atoms with Gasteiger partial charge in [0.1, 0.15) is 5.69 Å². The fourth-order valence-electron chi connectivity index (χ4n) is 2.55. The van der Waals surface area contributed by atoms with Crippen molar-refractivity contribution < 1.29 is 9.47 Å². The second-order valence-electron chi connectivity index (χ2n) is 5.46. The first kappa shape index (κ1) is 15.6. The lowest BCUT2D eigenvalue weighted by Gasteiger charge is -2.17. The zero-order valence-corrected chi connectivity index (χ0v) is 14.6. The maximum Gasteiger partial charge on any atom is 0.228 e. The summed E-state index contributed by atoms with van der Waals surface area (Å²) in [7, 11) is 6.98. The van der Waals surface area contributed by atoms with E-state index >= 15 is 0 Å². The summed E-state index contributed by atoms with van der Waals surface area (Å²) < 4.78 is 11.7. The van der Waals surface area contributed by atoms with Gasteiger partial charge in [-0.3, -0.25) is 4.79 Å². The molecule has 0 unspecified atom stereocenters. The molecule has 0 saturated carbocycles. The molecule has 0 spiro atoms. The van der Waals surface area contributed by atoms with Gasteiger partial charge < -0.3 is 14.4 Å². The lowest BCUT2D eigenvalue weighted by atomic mass is 10.1. The van der Waals surface area contributed by atoms with Crippen LogP contribution in [0.4, 0.5) is 5.69 Å². The normalized spacial score (nSPS) is 11.0. The minimum absolute atomic E-state index is 0.154. The van der Waals surface area contributed by atoms with Gasteiger partial charge in [-0.05, 0) is 25.1 Å². The van der Waals surface area contributed by atoms with Crippen LogP contribution in [0, 0.1) is 6.92 Å². The summed E-state index contributed by atoms with van der Waals surface area (Å²) in [6.45, 7) is 1.80. The van der Waals surface area contributed by atoms with E-state index in [1.54, 1.807) is 18.3 Å². The van der Waals surface area contributed by atoms with Gasteiger partial charge in [-0.1, -0.05) is 0 Å². The molecule has 0 fully saturated rings. The van der Waals surface area contributed by atoms with Gasteiger partial charge in [-0.2, -0.15) is 0 Å². The topological polar surface area (TPSA) is 51.7 Å². The molecule has 120 valence electrons. The third-order valence-electron chi connectivity index (χ3n) is 3.84. The standard InChI is InChI=1S/C17H18N2O3S/c1-9-14(20)16(22-5)15(21-4)13-17(9)23-12-7-6-10(19(2)3)8-11(12)18-13/h6-8H,1-5H3.